The van der Waals surface area contributed by atoms with Crippen LogP contribution in [-0.4, -0.2) is 47.1 Å². The standard InChI is InChI=1S/C12H19N3O4S/c1-3-9-5-4-6-15(7-9)20(18,19)11-8(2)13-14-10(11)12(16)17/h9H,3-7H2,1-2H3,(H,13,14)(H,16,17). The summed E-state index contributed by atoms with van der Waals surface area (Å²) in [6.07, 6.45) is 2.73. The Balaban J connectivity index is 2.40. The number of sulfonamides is 1. The Morgan fingerprint density at radius 1 is 1.55 bits per heavy atom. The Hall–Kier alpha value is -1.41. The largest absolute Gasteiger partial charge is 0.476 e. The number of hydrogen-bond donors (Lipinski definition) is 2. The van der Waals surface area contributed by atoms with E-state index in [1.807, 2.05) is 6.92 Å². The van der Waals surface area contributed by atoms with Gasteiger partial charge in [0.05, 0.1) is 5.69 Å². The SMILES string of the molecule is CCC1CCCN(S(=O)(=O)c2c(C(=O)O)n[nH]c2C)C1. The third-order valence-electron chi connectivity index (χ3n) is 3.75. The van der Waals surface area contributed by atoms with Crippen molar-refractivity contribution in [3.63, 3.8) is 0 Å². The maximum atomic E-state index is 12.7. The highest BCUT2D eigenvalue weighted by Gasteiger charge is 2.35. The summed E-state index contributed by atoms with van der Waals surface area (Å²) in [5.74, 6) is -1.00. The molecular formula is C12H19N3O4S. The highest BCUT2D eigenvalue weighted by Crippen LogP contribution is 2.28. The minimum absolute atomic E-state index is 0.207. The smallest absolute Gasteiger partial charge is 0.357 e. The highest BCUT2D eigenvalue weighted by atomic mass is 32.2. The second-order valence-electron chi connectivity index (χ2n) is 5.11. The molecule has 1 saturated heterocycles. The summed E-state index contributed by atoms with van der Waals surface area (Å²) in [7, 11) is -3.81. The van der Waals surface area contributed by atoms with Gasteiger partial charge in [0.1, 0.15) is 4.90 Å². The first-order valence-corrected chi connectivity index (χ1v) is 8.10. The van der Waals surface area contributed by atoms with Gasteiger partial charge in [0.15, 0.2) is 5.69 Å². The van der Waals surface area contributed by atoms with Gasteiger partial charge in [-0.25, -0.2) is 13.2 Å². The summed E-state index contributed by atoms with van der Waals surface area (Å²) in [4.78, 5) is 10.9. The Kier molecular flexibility index (Phi) is 4.14. The van der Waals surface area contributed by atoms with E-state index in [0.717, 1.165) is 19.3 Å². The number of rotatable bonds is 4. The van der Waals surface area contributed by atoms with E-state index in [9.17, 15) is 13.2 Å². The van der Waals surface area contributed by atoms with Crippen molar-refractivity contribution in [1.29, 1.82) is 0 Å². The Bertz CT molecular complexity index is 608. The Labute approximate surface area is 118 Å². The summed E-state index contributed by atoms with van der Waals surface area (Å²) in [5, 5.41) is 15.1. The number of carboxylic acids is 1. The van der Waals surface area contributed by atoms with Crippen molar-refractivity contribution in [2.24, 2.45) is 5.92 Å². The zero-order valence-electron chi connectivity index (χ0n) is 11.6. The van der Waals surface area contributed by atoms with Crippen LogP contribution in [0.15, 0.2) is 4.90 Å². The molecule has 20 heavy (non-hydrogen) atoms. The lowest BCUT2D eigenvalue weighted by atomic mass is 9.97. The lowest BCUT2D eigenvalue weighted by molar-refractivity contribution is 0.0686. The molecule has 1 aromatic heterocycles. The Morgan fingerprint density at radius 3 is 2.85 bits per heavy atom. The van der Waals surface area contributed by atoms with E-state index in [1.165, 1.54) is 11.2 Å². The van der Waals surface area contributed by atoms with Crippen LogP contribution in [0.2, 0.25) is 0 Å². The van der Waals surface area contributed by atoms with Gasteiger partial charge >= 0.3 is 5.97 Å². The molecule has 0 aromatic carbocycles. The van der Waals surface area contributed by atoms with Gasteiger partial charge in [-0.05, 0) is 25.7 Å². The second-order valence-corrected chi connectivity index (χ2v) is 6.99. The van der Waals surface area contributed by atoms with Crippen molar-refractivity contribution >= 4 is 16.0 Å². The van der Waals surface area contributed by atoms with E-state index >= 15 is 0 Å². The summed E-state index contributed by atoms with van der Waals surface area (Å²) in [5.41, 5.74) is -0.165. The highest BCUT2D eigenvalue weighted by molar-refractivity contribution is 7.89. The van der Waals surface area contributed by atoms with Crippen LogP contribution in [0.5, 0.6) is 0 Å². The molecule has 1 aliphatic heterocycles. The summed E-state index contributed by atoms with van der Waals surface area (Å²) >= 11 is 0. The van der Waals surface area contributed by atoms with E-state index in [4.69, 9.17) is 5.11 Å². The third kappa shape index (κ3) is 2.57. The fourth-order valence-corrected chi connectivity index (χ4v) is 4.43. The van der Waals surface area contributed by atoms with Crippen LogP contribution in [0.1, 0.15) is 42.4 Å². The molecule has 7 nitrogen and oxygen atoms in total. The van der Waals surface area contributed by atoms with Crippen LogP contribution < -0.4 is 0 Å². The number of aromatic nitrogens is 2. The number of H-pyrrole nitrogens is 1. The number of nitrogens with one attached hydrogen (secondary N) is 1. The number of aromatic carboxylic acids is 1. The average molecular weight is 301 g/mol. The third-order valence-corrected chi connectivity index (χ3v) is 5.78. The first-order chi connectivity index (χ1) is 9.37. The minimum atomic E-state index is -3.81. The number of hydrogen-bond acceptors (Lipinski definition) is 4. The fraction of sp³-hybridized carbons (Fsp3) is 0.667. The van der Waals surface area contributed by atoms with Gasteiger partial charge in [-0.1, -0.05) is 13.3 Å². The van der Waals surface area contributed by atoms with E-state index < -0.39 is 21.7 Å². The van der Waals surface area contributed by atoms with Gasteiger partial charge in [0.2, 0.25) is 10.0 Å². The van der Waals surface area contributed by atoms with Crippen LogP contribution in [0.4, 0.5) is 0 Å². The molecule has 1 atom stereocenters. The molecule has 0 spiro atoms. The van der Waals surface area contributed by atoms with E-state index in [2.05, 4.69) is 10.2 Å². The normalized spacial score (nSPS) is 21.0. The molecular weight excluding hydrogens is 282 g/mol. The maximum Gasteiger partial charge on any atom is 0.357 e. The first-order valence-electron chi connectivity index (χ1n) is 6.66. The zero-order chi connectivity index (χ0) is 14.9. The lowest BCUT2D eigenvalue weighted by Crippen LogP contribution is -2.40. The van der Waals surface area contributed by atoms with Crippen molar-refractivity contribution in [2.45, 2.75) is 38.0 Å². The molecule has 1 aliphatic rings. The molecule has 8 heteroatoms. The molecule has 0 radical (unpaired) electrons. The van der Waals surface area contributed by atoms with Crippen molar-refractivity contribution in [1.82, 2.24) is 14.5 Å². The Morgan fingerprint density at radius 2 is 2.25 bits per heavy atom. The number of nitrogens with zero attached hydrogens (tertiary/aromatic N) is 2. The molecule has 0 amide bonds. The molecule has 1 unspecified atom stereocenters. The van der Waals surface area contributed by atoms with Gasteiger partial charge in [-0.3, -0.25) is 5.10 Å². The molecule has 1 fully saturated rings. The van der Waals surface area contributed by atoms with Crippen molar-refractivity contribution in [3.8, 4) is 0 Å². The van der Waals surface area contributed by atoms with Gasteiger partial charge in [-0.15, -0.1) is 0 Å². The lowest BCUT2D eigenvalue weighted by Gasteiger charge is -2.31. The second kappa shape index (κ2) is 5.53. The average Bonchev–Trinajstić information content (AvgIpc) is 2.81. The topological polar surface area (TPSA) is 103 Å². The molecule has 1 aromatic rings. The van der Waals surface area contributed by atoms with Gasteiger partial charge in [0.25, 0.3) is 0 Å². The number of carboxylic acid groups (broad SMARTS) is 1. The van der Waals surface area contributed by atoms with E-state index in [-0.39, 0.29) is 10.6 Å². The quantitative estimate of drug-likeness (QED) is 0.870. The molecule has 0 saturated carbocycles. The van der Waals surface area contributed by atoms with Gasteiger partial charge in [-0.2, -0.15) is 9.40 Å². The van der Waals surface area contributed by atoms with Crippen LogP contribution in [0, 0.1) is 12.8 Å². The molecule has 0 aliphatic carbocycles. The van der Waals surface area contributed by atoms with Crippen LogP contribution >= 0.6 is 0 Å². The predicted octanol–water partition coefficient (Wildman–Crippen LogP) is 1.23. The molecule has 112 valence electrons. The fourth-order valence-electron chi connectivity index (χ4n) is 2.59. The molecule has 2 rings (SSSR count). The first kappa shape index (κ1) is 15.0. The predicted molar refractivity (Wildman–Crippen MR) is 72.1 cm³/mol. The minimum Gasteiger partial charge on any atom is -0.476 e. The molecule has 0 bridgehead atoms. The number of carbonyl (C=O) groups is 1. The summed E-state index contributed by atoms with van der Waals surface area (Å²) < 4.78 is 26.7. The van der Waals surface area contributed by atoms with Crippen molar-refractivity contribution in [2.75, 3.05) is 13.1 Å². The van der Waals surface area contributed by atoms with Gasteiger partial charge in [0, 0.05) is 13.1 Å². The van der Waals surface area contributed by atoms with Crippen LogP contribution in [0.25, 0.3) is 0 Å². The molecule has 2 heterocycles. The molecule has 2 N–H and O–H groups in total. The van der Waals surface area contributed by atoms with Crippen LogP contribution in [-0.2, 0) is 10.0 Å². The van der Waals surface area contributed by atoms with Gasteiger partial charge < -0.3 is 5.11 Å². The summed E-state index contributed by atoms with van der Waals surface area (Å²) in [6.45, 7) is 4.44. The van der Waals surface area contributed by atoms with E-state index in [1.54, 1.807) is 0 Å². The maximum absolute atomic E-state index is 12.7. The monoisotopic (exact) mass is 301 g/mol. The van der Waals surface area contributed by atoms with Crippen LogP contribution in [0.3, 0.4) is 0 Å². The van der Waals surface area contributed by atoms with Crippen molar-refractivity contribution in [3.05, 3.63) is 11.4 Å². The summed E-state index contributed by atoms with van der Waals surface area (Å²) in [6, 6.07) is 0. The number of piperidine rings is 1. The number of aryl methyl sites for hydroxylation is 1. The van der Waals surface area contributed by atoms with E-state index in [0.29, 0.717) is 19.0 Å². The van der Waals surface area contributed by atoms with Crippen molar-refractivity contribution < 1.29 is 18.3 Å². The number of aromatic amines is 1. The zero-order valence-corrected chi connectivity index (χ0v) is 12.4.